The Balaban J connectivity index is 2.04. The Morgan fingerprint density at radius 1 is 1.10 bits per heavy atom. The first-order chi connectivity index (χ1) is 14.8. The molecule has 0 aliphatic heterocycles. The number of methoxy groups -OCH3 is 1. The molecule has 0 saturated carbocycles. The zero-order chi connectivity index (χ0) is 22.8. The molecule has 0 radical (unpaired) electrons. The monoisotopic (exact) mass is 506 g/mol. The van der Waals surface area contributed by atoms with Gasteiger partial charge in [0, 0.05) is 23.3 Å². The first kappa shape index (κ1) is 25.3. The molecule has 0 fully saturated rings. The zero-order valence-electron chi connectivity index (χ0n) is 18.6. The van der Waals surface area contributed by atoms with Crippen LogP contribution in [0.4, 0.5) is 0 Å². The highest BCUT2D eigenvalue weighted by atomic mass is 79.9. The molecule has 0 aliphatic rings. The number of carbonyl (C=O) groups is 2. The average Bonchev–Trinajstić information content (AvgIpc) is 2.75. The minimum absolute atomic E-state index is 0.0503. The number of amides is 2. The summed E-state index contributed by atoms with van der Waals surface area (Å²) in [5.41, 5.74) is 2.10. The van der Waals surface area contributed by atoms with Gasteiger partial charge in [0.2, 0.25) is 11.8 Å². The molecule has 1 N–H and O–H groups in total. The largest absolute Gasteiger partial charge is 0.497 e. The van der Waals surface area contributed by atoms with Gasteiger partial charge >= 0.3 is 0 Å². The molecule has 168 valence electrons. The number of carbonyl (C=O) groups excluding carboxylic acids is 2. The molecule has 0 bridgehead atoms. The molecule has 5 nitrogen and oxygen atoms in total. The van der Waals surface area contributed by atoms with Crippen molar-refractivity contribution in [2.75, 3.05) is 19.4 Å². The van der Waals surface area contributed by atoms with E-state index in [1.807, 2.05) is 62.4 Å². The van der Waals surface area contributed by atoms with Gasteiger partial charge in [-0.05, 0) is 48.2 Å². The average molecular weight is 507 g/mol. The van der Waals surface area contributed by atoms with Crippen molar-refractivity contribution >= 4 is 39.5 Å². The van der Waals surface area contributed by atoms with Crippen molar-refractivity contribution in [3.8, 4) is 5.75 Å². The Morgan fingerprint density at radius 2 is 1.81 bits per heavy atom. The van der Waals surface area contributed by atoms with Crippen molar-refractivity contribution in [1.29, 1.82) is 0 Å². The number of hydrogen-bond donors (Lipinski definition) is 1. The van der Waals surface area contributed by atoms with Crippen molar-refractivity contribution in [2.45, 2.75) is 39.1 Å². The second-order valence-electron chi connectivity index (χ2n) is 7.81. The molecule has 1 unspecified atom stereocenters. The van der Waals surface area contributed by atoms with Gasteiger partial charge in [0.25, 0.3) is 0 Å². The molecule has 0 aliphatic carbocycles. The summed E-state index contributed by atoms with van der Waals surface area (Å²) >= 11 is 5.02. The van der Waals surface area contributed by atoms with Crippen LogP contribution in [0.25, 0.3) is 0 Å². The van der Waals surface area contributed by atoms with Crippen LogP contribution in [0.3, 0.4) is 0 Å². The number of ether oxygens (including phenoxy) is 1. The molecule has 0 heterocycles. The quantitative estimate of drug-likeness (QED) is 0.471. The molecule has 2 amide bonds. The summed E-state index contributed by atoms with van der Waals surface area (Å²) in [6.07, 6.45) is 0. The predicted octanol–water partition coefficient (Wildman–Crippen LogP) is 4.88. The first-order valence-corrected chi connectivity index (χ1v) is 12.3. The minimum Gasteiger partial charge on any atom is -0.497 e. The molecular formula is C24H31BrN2O3S. The van der Waals surface area contributed by atoms with Crippen molar-refractivity contribution in [3.05, 3.63) is 64.1 Å². The van der Waals surface area contributed by atoms with Gasteiger partial charge in [-0.1, -0.05) is 54.0 Å². The molecule has 1 atom stereocenters. The van der Waals surface area contributed by atoms with Gasteiger partial charge in [-0.3, -0.25) is 9.59 Å². The van der Waals surface area contributed by atoms with E-state index in [-0.39, 0.29) is 11.8 Å². The Morgan fingerprint density at radius 3 is 2.42 bits per heavy atom. The third-order valence-corrected chi connectivity index (χ3v) is 6.23. The first-order valence-electron chi connectivity index (χ1n) is 10.3. The van der Waals surface area contributed by atoms with Crippen LogP contribution in [0.5, 0.6) is 5.75 Å². The third-order valence-electron chi connectivity index (χ3n) is 4.75. The summed E-state index contributed by atoms with van der Waals surface area (Å²) < 4.78 is 6.13. The van der Waals surface area contributed by atoms with E-state index in [4.69, 9.17) is 4.74 Å². The van der Waals surface area contributed by atoms with Gasteiger partial charge in [0.05, 0.1) is 12.9 Å². The lowest BCUT2D eigenvalue weighted by molar-refractivity contribution is -0.138. The van der Waals surface area contributed by atoms with E-state index >= 15 is 0 Å². The Labute approximate surface area is 198 Å². The fourth-order valence-electron chi connectivity index (χ4n) is 2.93. The summed E-state index contributed by atoms with van der Waals surface area (Å²) in [4.78, 5) is 27.4. The molecule has 2 aromatic rings. The van der Waals surface area contributed by atoms with E-state index in [1.54, 1.807) is 30.7 Å². The highest BCUT2D eigenvalue weighted by molar-refractivity contribution is 9.10. The normalized spacial score (nSPS) is 11.8. The number of rotatable bonds is 11. The van der Waals surface area contributed by atoms with Gasteiger partial charge in [-0.25, -0.2) is 0 Å². The predicted molar refractivity (Wildman–Crippen MR) is 131 cm³/mol. The van der Waals surface area contributed by atoms with Crippen LogP contribution < -0.4 is 10.1 Å². The van der Waals surface area contributed by atoms with Crippen LogP contribution in [0.15, 0.2) is 53.0 Å². The lowest BCUT2D eigenvalue weighted by atomic mass is 10.1. The number of nitrogens with zero attached hydrogens (tertiary/aromatic N) is 1. The third kappa shape index (κ3) is 8.57. The Bertz CT molecular complexity index is 858. The number of thioether (sulfide) groups is 1. The van der Waals surface area contributed by atoms with Crippen LogP contribution in [-0.2, 0) is 21.9 Å². The van der Waals surface area contributed by atoms with Crippen molar-refractivity contribution in [3.63, 3.8) is 0 Å². The van der Waals surface area contributed by atoms with E-state index in [1.165, 1.54) is 0 Å². The number of halogens is 1. The second kappa shape index (κ2) is 12.8. The van der Waals surface area contributed by atoms with Crippen LogP contribution in [0.2, 0.25) is 0 Å². The molecule has 0 aromatic heterocycles. The van der Waals surface area contributed by atoms with Crippen molar-refractivity contribution < 1.29 is 14.3 Å². The van der Waals surface area contributed by atoms with Gasteiger partial charge in [-0.2, -0.15) is 0 Å². The summed E-state index contributed by atoms with van der Waals surface area (Å²) in [5.74, 6) is 2.01. The molecule has 2 aromatic carbocycles. The van der Waals surface area contributed by atoms with Gasteiger partial charge < -0.3 is 15.0 Å². The second-order valence-corrected chi connectivity index (χ2v) is 9.71. The standard InChI is InChI=1S/C24H31BrN2O3S/c1-17(2)13-26-24(29)18(3)27(14-20-6-5-7-21(25)12-20)23(28)16-31-15-19-8-10-22(30-4)11-9-19/h5-12,17-18H,13-16H2,1-4H3,(H,26,29). The Hall–Kier alpha value is -1.99. The molecule has 31 heavy (non-hydrogen) atoms. The lowest BCUT2D eigenvalue weighted by Crippen LogP contribution is -2.48. The maximum absolute atomic E-state index is 13.1. The van der Waals surface area contributed by atoms with Crippen LogP contribution >= 0.6 is 27.7 Å². The molecule has 0 spiro atoms. The lowest BCUT2D eigenvalue weighted by Gasteiger charge is -2.29. The SMILES string of the molecule is COc1ccc(CSCC(=O)N(Cc2cccc(Br)c2)C(C)C(=O)NCC(C)C)cc1. The van der Waals surface area contributed by atoms with Crippen LogP contribution in [0.1, 0.15) is 31.9 Å². The van der Waals surface area contributed by atoms with Crippen LogP contribution in [-0.4, -0.2) is 42.2 Å². The smallest absolute Gasteiger partial charge is 0.242 e. The van der Waals surface area contributed by atoms with E-state index in [0.29, 0.717) is 30.5 Å². The molecule has 0 saturated heterocycles. The summed E-state index contributed by atoms with van der Waals surface area (Å²) in [6, 6.07) is 15.1. The highest BCUT2D eigenvalue weighted by Gasteiger charge is 2.26. The van der Waals surface area contributed by atoms with Crippen molar-refractivity contribution in [2.24, 2.45) is 5.92 Å². The summed E-state index contributed by atoms with van der Waals surface area (Å²) in [5, 5.41) is 2.95. The molecular weight excluding hydrogens is 476 g/mol. The highest BCUT2D eigenvalue weighted by Crippen LogP contribution is 2.19. The van der Waals surface area contributed by atoms with E-state index in [0.717, 1.165) is 21.3 Å². The fraction of sp³-hybridized carbons (Fsp3) is 0.417. The Kier molecular flexibility index (Phi) is 10.4. The minimum atomic E-state index is -0.549. The number of hydrogen-bond acceptors (Lipinski definition) is 4. The zero-order valence-corrected chi connectivity index (χ0v) is 21.0. The van der Waals surface area contributed by atoms with Gasteiger partial charge in [0.15, 0.2) is 0 Å². The maximum atomic E-state index is 13.1. The maximum Gasteiger partial charge on any atom is 0.242 e. The molecule has 2 rings (SSSR count). The van der Waals surface area contributed by atoms with Gasteiger partial charge in [0.1, 0.15) is 11.8 Å². The van der Waals surface area contributed by atoms with E-state index < -0.39 is 6.04 Å². The number of benzene rings is 2. The van der Waals surface area contributed by atoms with Crippen molar-refractivity contribution in [1.82, 2.24) is 10.2 Å². The molecule has 7 heteroatoms. The van der Waals surface area contributed by atoms with E-state index in [9.17, 15) is 9.59 Å². The fourth-order valence-corrected chi connectivity index (χ4v) is 4.25. The number of nitrogens with one attached hydrogen (secondary N) is 1. The topological polar surface area (TPSA) is 58.6 Å². The summed E-state index contributed by atoms with van der Waals surface area (Å²) in [6.45, 7) is 6.86. The van der Waals surface area contributed by atoms with E-state index in [2.05, 4.69) is 21.2 Å². The summed E-state index contributed by atoms with van der Waals surface area (Å²) in [7, 11) is 1.64. The van der Waals surface area contributed by atoms with Crippen LogP contribution in [0, 0.1) is 5.92 Å². The van der Waals surface area contributed by atoms with Gasteiger partial charge in [-0.15, -0.1) is 11.8 Å².